The topological polar surface area (TPSA) is 22.1 Å². The number of aryl methyl sites for hydroxylation is 1. The molecular weight excluding hydrogens is 254 g/mol. The highest BCUT2D eigenvalue weighted by molar-refractivity contribution is 7.18. The maximum absolute atomic E-state index is 5.64. The summed E-state index contributed by atoms with van der Waals surface area (Å²) in [4.78, 5) is 4.56. The molecule has 1 aliphatic rings. The predicted molar refractivity (Wildman–Crippen MR) is 79.0 cm³/mol. The molecule has 0 radical (unpaired) electrons. The smallest absolute Gasteiger partial charge is 0.123 e. The Morgan fingerprint density at radius 2 is 1.95 bits per heavy atom. The first-order chi connectivity index (χ1) is 9.29. The molecule has 0 saturated carbocycles. The van der Waals surface area contributed by atoms with Crippen LogP contribution < -0.4 is 4.74 Å². The number of aromatic nitrogens is 1. The lowest BCUT2D eigenvalue weighted by atomic mass is 10.0. The standard InChI is InChI=1S/C16H13NOS/c1-10-17-14-8-12(4-5-16(14)19-10)13-3-2-11-6-7-18-15(11)9-13/h2-5,8-9H,6-7H2,1H3. The number of benzene rings is 2. The number of nitrogens with zero attached hydrogens (tertiary/aromatic N) is 1. The Morgan fingerprint density at radius 1 is 1.11 bits per heavy atom. The molecule has 2 heterocycles. The van der Waals surface area contributed by atoms with Gasteiger partial charge in [0, 0.05) is 6.42 Å². The summed E-state index contributed by atoms with van der Waals surface area (Å²) in [5.74, 6) is 1.03. The van der Waals surface area contributed by atoms with E-state index in [4.69, 9.17) is 4.74 Å². The number of ether oxygens (including phenoxy) is 1. The summed E-state index contributed by atoms with van der Waals surface area (Å²) in [7, 11) is 0. The van der Waals surface area contributed by atoms with Crippen LogP contribution in [0.3, 0.4) is 0 Å². The first-order valence-corrected chi connectivity index (χ1v) is 7.24. The highest BCUT2D eigenvalue weighted by Crippen LogP contribution is 2.33. The zero-order valence-corrected chi connectivity index (χ0v) is 11.5. The number of rotatable bonds is 1. The lowest BCUT2D eigenvalue weighted by Crippen LogP contribution is -1.86. The third-order valence-electron chi connectivity index (χ3n) is 3.52. The van der Waals surface area contributed by atoms with E-state index in [1.54, 1.807) is 11.3 Å². The van der Waals surface area contributed by atoms with Crippen molar-refractivity contribution in [1.82, 2.24) is 4.98 Å². The van der Waals surface area contributed by atoms with Gasteiger partial charge in [0.2, 0.25) is 0 Å². The molecule has 0 aliphatic carbocycles. The van der Waals surface area contributed by atoms with Gasteiger partial charge in [-0.3, -0.25) is 0 Å². The molecule has 0 amide bonds. The van der Waals surface area contributed by atoms with E-state index in [1.165, 1.54) is 21.4 Å². The van der Waals surface area contributed by atoms with Crippen LogP contribution in [0.4, 0.5) is 0 Å². The van der Waals surface area contributed by atoms with Gasteiger partial charge < -0.3 is 4.74 Å². The largest absolute Gasteiger partial charge is 0.493 e. The van der Waals surface area contributed by atoms with Crippen LogP contribution in [-0.4, -0.2) is 11.6 Å². The second-order valence-electron chi connectivity index (χ2n) is 4.84. The molecule has 0 spiro atoms. The molecule has 94 valence electrons. The number of fused-ring (bicyclic) bond motifs is 2. The monoisotopic (exact) mass is 267 g/mol. The molecule has 3 aromatic rings. The van der Waals surface area contributed by atoms with Gasteiger partial charge >= 0.3 is 0 Å². The van der Waals surface area contributed by atoms with Crippen molar-refractivity contribution in [3.63, 3.8) is 0 Å². The van der Waals surface area contributed by atoms with E-state index in [0.29, 0.717) is 0 Å². The average Bonchev–Trinajstić information content (AvgIpc) is 3.01. The molecule has 2 nitrogen and oxygen atoms in total. The second-order valence-corrected chi connectivity index (χ2v) is 6.07. The minimum Gasteiger partial charge on any atom is -0.493 e. The van der Waals surface area contributed by atoms with Gasteiger partial charge in [-0.2, -0.15) is 0 Å². The van der Waals surface area contributed by atoms with E-state index >= 15 is 0 Å². The molecular formula is C16H13NOS. The summed E-state index contributed by atoms with van der Waals surface area (Å²) in [5, 5.41) is 1.12. The molecule has 3 heteroatoms. The van der Waals surface area contributed by atoms with E-state index in [0.717, 1.165) is 29.3 Å². The van der Waals surface area contributed by atoms with Crippen molar-refractivity contribution in [3.05, 3.63) is 47.0 Å². The fourth-order valence-corrected chi connectivity index (χ4v) is 3.38. The second kappa shape index (κ2) is 4.07. The van der Waals surface area contributed by atoms with Crippen LogP contribution in [0.15, 0.2) is 36.4 Å². The van der Waals surface area contributed by atoms with Gasteiger partial charge in [0.25, 0.3) is 0 Å². The number of hydrogen-bond acceptors (Lipinski definition) is 3. The molecule has 2 aromatic carbocycles. The highest BCUT2D eigenvalue weighted by atomic mass is 32.1. The molecule has 1 aliphatic heterocycles. The molecule has 1 aromatic heterocycles. The van der Waals surface area contributed by atoms with Crippen molar-refractivity contribution in [2.24, 2.45) is 0 Å². The summed E-state index contributed by atoms with van der Waals surface area (Å²) < 4.78 is 6.89. The lowest BCUT2D eigenvalue weighted by molar-refractivity contribution is 0.357. The van der Waals surface area contributed by atoms with Gasteiger partial charge in [-0.05, 0) is 41.8 Å². The lowest BCUT2D eigenvalue weighted by Gasteiger charge is -2.04. The van der Waals surface area contributed by atoms with Gasteiger partial charge in [0.05, 0.1) is 21.8 Å². The normalized spacial score (nSPS) is 13.5. The van der Waals surface area contributed by atoms with E-state index in [1.807, 2.05) is 6.92 Å². The molecule has 0 atom stereocenters. The Kier molecular flexibility index (Phi) is 2.35. The van der Waals surface area contributed by atoms with Crippen molar-refractivity contribution < 1.29 is 4.74 Å². The van der Waals surface area contributed by atoms with Gasteiger partial charge in [0.15, 0.2) is 0 Å². The average molecular weight is 267 g/mol. The fraction of sp³-hybridized carbons (Fsp3) is 0.188. The minimum atomic E-state index is 0.809. The minimum absolute atomic E-state index is 0.809. The number of hydrogen-bond donors (Lipinski definition) is 0. The van der Waals surface area contributed by atoms with Crippen molar-refractivity contribution in [1.29, 1.82) is 0 Å². The molecule has 0 saturated heterocycles. The molecule has 0 fully saturated rings. The zero-order chi connectivity index (χ0) is 12.8. The number of thiazole rings is 1. The van der Waals surface area contributed by atoms with Crippen LogP contribution in [0.5, 0.6) is 5.75 Å². The van der Waals surface area contributed by atoms with Crippen LogP contribution in [0.2, 0.25) is 0 Å². The maximum Gasteiger partial charge on any atom is 0.123 e. The Labute approximate surface area is 115 Å². The first-order valence-electron chi connectivity index (χ1n) is 6.43. The predicted octanol–water partition coefficient (Wildman–Crippen LogP) is 4.21. The first kappa shape index (κ1) is 11.0. The van der Waals surface area contributed by atoms with Crippen LogP contribution in [0, 0.1) is 6.92 Å². The summed E-state index contributed by atoms with van der Waals surface area (Å²) in [6.07, 6.45) is 1.03. The summed E-state index contributed by atoms with van der Waals surface area (Å²) in [5.41, 5.74) is 4.81. The van der Waals surface area contributed by atoms with E-state index in [2.05, 4.69) is 41.4 Å². The Hall–Kier alpha value is -1.87. The van der Waals surface area contributed by atoms with Crippen LogP contribution >= 0.6 is 11.3 Å². The third kappa shape index (κ3) is 1.81. The van der Waals surface area contributed by atoms with Gasteiger partial charge in [-0.15, -0.1) is 11.3 Å². The molecule has 19 heavy (non-hydrogen) atoms. The SMILES string of the molecule is Cc1nc2cc(-c3ccc4c(c3)OCC4)ccc2s1. The van der Waals surface area contributed by atoms with Gasteiger partial charge in [0.1, 0.15) is 5.75 Å². The van der Waals surface area contributed by atoms with Crippen LogP contribution in [0.25, 0.3) is 21.3 Å². The van der Waals surface area contributed by atoms with Crippen LogP contribution in [0.1, 0.15) is 10.6 Å². The van der Waals surface area contributed by atoms with Crippen molar-refractivity contribution in [2.45, 2.75) is 13.3 Å². The van der Waals surface area contributed by atoms with E-state index < -0.39 is 0 Å². The molecule has 0 N–H and O–H groups in total. The summed E-state index contributed by atoms with van der Waals surface area (Å²) in [6.45, 7) is 2.86. The Balaban J connectivity index is 1.85. The Bertz CT molecular complexity index is 776. The van der Waals surface area contributed by atoms with Crippen molar-refractivity contribution >= 4 is 21.6 Å². The van der Waals surface area contributed by atoms with E-state index in [-0.39, 0.29) is 0 Å². The maximum atomic E-state index is 5.64. The van der Waals surface area contributed by atoms with Crippen molar-refractivity contribution in [3.8, 4) is 16.9 Å². The Morgan fingerprint density at radius 3 is 2.89 bits per heavy atom. The van der Waals surface area contributed by atoms with Crippen LogP contribution in [-0.2, 0) is 6.42 Å². The molecule has 0 unspecified atom stereocenters. The third-order valence-corrected chi connectivity index (χ3v) is 4.48. The fourth-order valence-electron chi connectivity index (χ4n) is 2.57. The van der Waals surface area contributed by atoms with Gasteiger partial charge in [-0.25, -0.2) is 4.98 Å². The van der Waals surface area contributed by atoms with Gasteiger partial charge in [-0.1, -0.05) is 18.2 Å². The summed E-state index contributed by atoms with van der Waals surface area (Å²) in [6, 6.07) is 13.0. The van der Waals surface area contributed by atoms with E-state index in [9.17, 15) is 0 Å². The molecule has 0 bridgehead atoms. The molecule has 4 rings (SSSR count). The van der Waals surface area contributed by atoms with Crippen molar-refractivity contribution in [2.75, 3.05) is 6.61 Å². The summed E-state index contributed by atoms with van der Waals surface area (Å²) >= 11 is 1.74. The zero-order valence-electron chi connectivity index (χ0n) is 10.6. The highest BCUT2D eigenvalue weighted by Gasteiger charge is 2.13. The quantitative estimate of drug-likeness (QED) is 0.659.